The normalized spacial score (nSPS) is 12.4. The number of ether oxygens (including phenoxy) is 1. The maximum absolute atomic E-state index is 5.35. The van der Waals surface area contributed by atoms with E-state index in [1.807, 2.05) is 6.07 Å². The zero-order valence-corrected chi connectivity index (χ0v) is 12.3. The van der Waals surface area contributed by atoms with Crippen molar-refractivity contribution in [1.82, 2.24) is 0 Å². The van der Waals surface area contributed by atoms with Crippen LogP contribution in [-0.2, 0) is 6.42 Å². The summed E-state index contributed by atoms with van der Waals surface area (Å²) in [5.74, 6) is 0.955. The summed E-state index contributed by atoms with van der Waals surface area (Å²) in [6.07, 6.45) is 1.08. The van der Waals surface area contributed by atoms with Crippen LogP contribution >= 0.6 is 27.3 Å². The lowest BCUT2D eigenvalue weighted by Crippen LogP contribution is -1.93. The van der Waals surface area contributed by atoms with Crippen LogP contribution in [0.3, 0.4) is 0 Å². The molecule has 2 rings (SSSR count). The minimum absolute atomic E-state index is 0.211. The number of methoxy groups -OCH3 is 1. The minimum Gasteiger partial charge on any atom is -0.496 e. The van der Waals surface area contributed by atoms with Crippen molar-refractivity contribution < 1.29 is 4.74 Å². The van der Waals surface area contributed by atoms with Gasteiger partial charge in [0.1, 0.15) is 5.75 Å². The largest absolute Gasteiger partial charge is 0.496 e. The molecule has 0 saturated heterocycles. The lowest BCUT2D eigenvalue weighted by atomic mass is 10.1. The van der Waals surface area contributed by atoms with Crippen LogP contribution in [0.5, 0.6) is 5.75 Å². The lowest BCUT2D eigenvalue weighted by Gasteiger charge is -2.11. The maximum Gasteiger partial charge on any atom is 0.134 e. The van der Waals surface area contributed by atoms with E-state index < -0.39 is 0 Å². The van der Waals surface area contributed by atoms with E-state index >= 15 is 0 Å². The van der Waals surface area contributed by atoms with Crippen molar-refractivity contribution in [3.63, 3.8) is 0 Å². The number of alkyl halides is 1. The van der Waals surface area contributed by atoms with Crippen LogP contribution in [0.25, 0.3) is 0 Å². The van der Waals surface area contributed by atoms with Gasteiger partial charge in [-0.2, -0.15) is 0 Å². The summed E-state index contributed by atoms with van der Waals surface area (Å²) in [6.45, 7) is 2.17. The molecule has 1 aromatic heterocycles. The van der Waals surface area contributed by atoms with E-state index in [4.69, 9.17) is 4.74 Å². The van der Waals surface area contributed by atoms with Crippen molar-refractivity contribution in [2.45, 2.75) is 18.2 Å². The Morgan fingerprint density at radius 2 is 1.94 bits per heavy atom. The molecular formula is C14H15BrOS. The Morgan fingerprint density at radius 1 is 1.24 bits per heavy atom. The van der Waals surface area contributed by atoms with Gasteiger partial charge in [-0.1, -0.05) is 47.1 Å². The van der Waals surface area contributed by atoms with Crippen LogP contribution in [0.2, 0.25) is 0 Å². The third-order valence-corrected chi connectivity index (χ3v) is 5.04. The molecule has 1 unspecified atom stereocenters. The number of aryl methyl sites for hydroxylation is 1. The molecule has 1 atom stereocenters. The Kier molecular flexibility index (Phi) is 4.24. The quantitative estimate of drug-likeness (QED) is 0.737. The first kappa shape index (κ1) is 12.7. The average Bonchev–Trinajstić information content (AvgIpc) is 2.86. The second-order valence-electron chi connectivity index (χ2n) is 3.81. The second-order valence-corrected chi connectivity index (χ2v) is 5.67. The van der Waals surface area contributed by atoms with Gasteiger partial charge in [0.15, 0.2) is 0 Å². The van der Waals surface area contributed by atoms with E-state index in [2.05, 4.69) is 52.5 Å². The van der Waals surface area contributed by atoms with Gasteiger partial charge >= 0.3 is 0 Å². The fourth-order valence-corrected chi connectivity index (χ4v) is 3.45. The summed E-state index contributed by atoms with van der Waals surface area (Å²) in [5, 5.41) is 2.06. The molecule has 17 heavy (non-hydrogen) atoms. The first-order chi connectivity index (χ1) is 8.26. The summed E-state index contributed by atoms with van der Waals surface area (Å²) < 4.78 is 5.35. The van der Waals surface area contributed by atoms with Gasteiger partial charge in [-0.05, 0) is 29.0 Å². The smallest absolute Gasteiger partial charge is 0.134 e. The van der Waals surface area contributed by atoms with E-state index in [0.717, 1.165) is 12.2 Å². The van der Waals surface area contributed by atoms with Gasteiger partial charge in [0.05, 0.1) is 16.8 Å². The van der Waals surface area contributed by atoms with E-state index in [1.165, 1.54) is 16.0 Å². The average molecular weight is 311 g/mol. The highest BCUT2D eigenvalue weighted by atomic mass is 79.9. The summed E-state index contributed by atoms with van der Waals surface area (Å²) in [7, 11) is 1.71. The Balaban J connectivity index is 2.27. The third kappa shape index (κ3) is 2.72. The number of benzene rings is 1. The molecule has 0 aliphatic rings. The van der Waals surface area contributed by atoms with Gasteiger partial charge < -0.3 is 4.74 Å². The zero-order chi connectivity index (χ0) is 12.3. The zero-order valence-electron chi connectivity index (χ0n) is 9.94. The van der Waals surface area contributed by atoms with Crippen LogP contribution in [0.15, 0.2) is 35.7 Å². The first-order valence-corrected chi connectivity index (χ1v) is 7.40. The third-order valence-electron chi connectivity index (χ3n) is 2.79. The van der Waals surface area contributed by atoms with Crippen LogP contribution in [0.1, 0.15) is 27.8 Å². The van der Waals surface area contributed by atoms with E-state index in [0.29, 0.717) is 0 Å². The molecule has 0 aliphatic heterocycles. The van der Waals surface area contributed by atoms with Gasteiger partial charge in [-0.15, -0.1) is 11.3 Å². The summed E-state index contributed by atoms with van der Waals surface area (Å²) >= 11 is 5.46. The Bertz CT molecular complexity index is 475. The molecule has 1 heterocycles. The Hall–Kier alpha value is -0.800. The molecule has 0 saturated carbocycles. The molecule has 0 aliphatic carbocycles. The Morgan fingerprint density at radius 3 is 2.53 bits per heavy atom. The topological polar surface area (TPSA) is 9.23 Å². The predicted molar refractivity (Wildman–Crippen MR) is 77.5 cm³/mol. The van der Waals surface area contributed by atoms with Crippen LogP contribution in [-0.4, -0.2) is 7.11 Å². The molecule has 0 spiro atoms. The minimum atomic E-state index is 0.211. The van der Waals surface area contributed by atoms with Crippen molar-refractivity contribution in [3.05, 3.63) is 51.7 Å². The van der Waals surface area contributed by atoms with Crippen LogP contribution in [0, 0.1) is 0 Å². The molecule has 0 amide bonds. The number of hydrogen-bond acceptors (Lipinski definition) is 2. The molecule has 1 nitrogen and oxygen atoms in total. The summed E-state index contributed by atoms with van der Waals surface area (Å²) in [5.41, 5.74) is 2.63. The highest BCUT2D eigenvalue weighted by Gasteiger charge is 2.16. The first-order valence-electron chi connectivity index (χ1n) is 5.60. The molecule has 0 fully saturated rings. The molecule has 0 bridgehead atoms. The number of rotatable bonds is 4. The van der Waals surface area contributed by atoms with Crippen LogP contribution in [0.4, 0.5) is 0 Å². The number of hydrogen-bond donors (Lipinski definition) is 0. The monoisotopic (exact) mass is 310 g/mol. The predicted octanol–water partition coefficient (Wildman–Crippen LogP) is 4.80. The van der Waals surface area contributed by atoms with Crippen molar-refractivity contribution in [1.29, 1.82) is 0 Å². The number of halogens is 1. The highest BCUT2D eigenvalue weighted by molar-refractivity contribution is 9.09. The highest BCUT2D eigenvalue weighted by Crippen LogP contribution is 2.40. The molecular weight excluding hydrogens is 296 g/mol. The lowest BCUT2D eigenvalue weighted by molar-refractivity contribution is 0.413. The standard InChI is InChI=1S/C14H15BrOS/c1-3-10-4-6-11(7-5-10)13(15)14-12(16-2)8-9-17-14/h4-9,13H,3H2,1-2H3. The summed E-state index contributed by atoms with van der Waals surface area (Å²) in [6, 6.07) is 10.7. The van der Waals surface area contributed by atoms with Crippen molar-refractivity contribution in [3.8, 4) is 5.75 Å². The molecule has 2 aromatic rings. The van der Waals surface area contributed by atoms with E-state index in [9.17, 15) is 0 Å². The second kappa shape index (κ2) is 5.69. The van der Waals surface area contributed by atoms with Crippen molar-refractivity contribution in [2.75, 3.05) is 7.11 Å². The fourth-order valence-electron chi connectivity index (χ4n) is 1.74. The van der Waals surface area contributed by atoms with Gasteiger partial charge in [-0.3, -0.25) is 0 Å². The molecule has 3 heteroatoms. The van der Waals surface area contributed by atoms with Gasteiger partial charge in [0.2, 0.25) is 0 Å². The van der Waals surface area contributed by atoms with Crippen molar-refractivity contribution >= 4 is 27.3 Å². The number of thiophene rings is 1. The van der Waals surface area contributed by atoms with Gasteiger partial charge in [0.25, 0.3) is 0 Å². The van der Waals surface area contributed by atoms with Gasteiger partial charge in [-0.25, -0.2) is 0 Å². The fraction of sp³-hybridized carbons (Fsp3) is 0.286. The molecule has 0 radical (unpaired) electrons. The van der Waals surface area contributed by atoms with E-state index in [1.54, 1.807) is 18.4 Å². The molecule has 0 N–H and O–H groups in total. The van der Waals surface area contributed by atoms with Crippen molar-refractivity contribution in [2.24, 2.45) is 0 Å². The molecule has 1 aromatic carbocycles. The van der Waals surface area contributed by atoms with Crippen LogP contribution < -0.4 is 4.74 Å². The van der Waals surface area contributed by atoms with E-state index in [-0.39, 0.29) is 4.83 Å². The Labute approximate surface area is 115 Å². The van der Waals surface area contributed by atoms with Gasteiger partial charge in [0, 0.05) is 0 Å². The molecule has 90 valence electrons. The summed E-state index contributed by atoms with van der Waals surface area (Å²) in [4.78, 5) is 1.43. The SMILES string of the molecule is CCc1ccc(C(Br)c2sccc2OC)cc1. The maximum atomic E-state index is 5.35.